The number of hydrogen-bond acceptors (Lipinski definition) is 6. The highest BCUT2D eigenvalue weighted by Gasteiger charge is 2.22. The van der Waals surface area contributed by atoms with Crippen LogP contribution >= 0.6 is 23.4 Å². The van der Waals surface area contributed by atoms with Crippen LogP contribution in [0.25, 0.3) is 11.0 Å². The first-order valence-electron chi connectivity index (χ1n) is 8.84. The van der Waals surface area contributed by atoms with Crippen molar-refractivity contribution in [1.29, 1.82) is 0 Å². The van der Waals surface area contributed by atoms with Crippen molar-refractivity contribution >= 4 is 56.3 Å². The molecule has 3 aromatic rings. The van der Waals surface area contributed by atoms with Crippen LogP contribution in [0.15, 0.2) is 79.8 Å². The van der Waals surface area contributed by atoms with Gasteiger partial charge in [0, 0.05) is 33.3 Å². The molecule has 0 fully saturated rings. The fraction of sp³-hybridized carbons (Fsp3) is 0.150. The zero-order valence-corrected chi connectivity index (χ0v) is 17.6. The number of nitrogens with two attached hydrogens (primary N) is 1. The van der Waals surface area contributed by atoms with Crippen LogP contribution in [0.5, 0.6) is 0 Å². The lowest BCUT2D eigenvalue weighted by molar-refractivity contribution is 0.484. The van der Waals surface area contributed by atoms with Crippen LogP contribution < -0.4 is 10.5 Å². The Bertz CT molecular complexity index is 1190. The smallest absolute Gasteiger partial charge is 0.295 e. The minimum Gasteiger partial charge on any atom is -0.443 e. The summed E-state index contributed by atoms with van der Waals surface area (Å²) in [5.74, 6) is 1.46. The predicted octanol–water partition coefficient (Wildman–Crippen LogP) is 4.87. The predicted molar refractivity (Wildman–Crippen MR) is 118 cm³/mol. The lowest BCUT2D eigenvalue weighted by Crippen LogP contribution is -2.13. The largest absolute Gasteiger partial charge is 0.443 e. The van der Waals surface area contributed by atoms with Crippen LogP contribution in [-0.4, -0.2) is 20.4 Å². The number of rotatable bonds is 6. The second-order valence-corrected chi connectivity index (χ2v) is 9.67. The van der Waals surface area contributed by atoms with Crippen LogP contribution in [0.3, 0.4) is 0 Å². The molecule has 0 bridgehead atoms. The molecule has 2 aromatic carbocycles. The van der Waals surface area contributed by atoms with E-state index in [4.69, 9.17) is 21.8 Å². The Balaban J connectivity index is 1.57. The van der Waals surface area contributed by atoms with E-state index in [2.05, 4.69) is 9.71 Å². The van der Waals surface area contributed by atoms with Crippen molar-refractivity contribution in [2.24, 2.45) is 16.6 Å². The molecule has 1 aromatic heterocycles. The van der Waals surface area contributed by atoms with Gasteiger partial charge in [0.05, 0.1) is 5.69 Å². The summed E-state index contributed by atoms with van der Waals surface area (Å²) >= 11 is 7.64. The van der Waals surface area contributed by atoms with E-state index >= 15 is 0 Å². The van der Waals surface area contributed by atoms with Gasteiger partial charge in [-0.15, -0.1) is 11.8 Å². The van der Waals surface area contributed by atoms with Crippen molar-refractivity contribution in [2.45, 2.75) is 16.4 Å². The summed E-state index contributed by atoms with van der Waals surface area (Å²) in [5.41, 5.74) is 6.68. The SMILES string of the molecule is NC1=CC(CSc2ccc(Cl)cc2NS(=O)(=O)c2cc3ccccc3o2)CC=N1. The van der Waals surface area contributed by atoms with E-state index in [0.717, 1.165) is 22.5 Å². The number of allylic oxidation sites excluding steroid dienone is 1. The van der Waals surface area contributed by atoms with Gasteiger partial charge in [0.1, 0.15) is 11.4 Å². The topological polar surface area (TPSA) is 97.7 Å². The average molecular weight is 448 g/mol. The summed E-state index contributed by atoms with van der Waals surface area (Å²) in [6, 6.07) is 13.8. The number of nitrogens with one attached hydrogen (secondary N) is 1. The maximum atomic E-state index is 12.9. The number of nitrogens with zero attached hydrogens (tertiary/aromatic N) is 1. The molecule has 3 N–H and O–H groups in total. The van der Waals surface area contributed by atoms with Crippen molar-refractivity contribution in [3.63, 3.8) is 0 Å². The zero-order valence-electron chi connectivity index (χ0n) is 15.2. The van der Waals surface area contributed by atoms with Gasteiger partial charge in [-0.1, -0.05) is 29.8 Å². The lowest BCUT2D eigenvalue weighted by Gasteiger charge is -2.16. The molecule has 0 radical (unpaired) electrons. The Hall–Kier alpha value is -2.42. The molecule has 1 unspecified atom stereocenters. The first-order chi connectivity index (χ1) is 13.9. The molecule has 1 aliphatic rings. The number of benzene rings is 2. The van der Waals surface area contributed by atoms with Crippen molar-refractivity contribution < 1.29 is 12.8 Å². The number of halogens is 1. The summed E-state index contributed by atoms with van der Waals surface area (Å²) in [6.07, 6.45) is 4.51. The van der Waals surface area contributed by atoms with Crippen molar-refractivity contribution in [1.82, 2.24) is 0 Å². The van der Waals surface area contributed by atoms with Gasteiger partial charge in [0.15, 0.2) is 0 Å². The molecule has 2 heterocycles. The average Bonchev–Trinajstić information content (AvgIpc) is 3.12. The zero-order chi connectivity index (χ0) is 20.4. The molecule has 9 heteroatoms. The number of hydrogen-bond donors (Lipinski definition) is 2. The molecule has 0 saturated heterocycles. The summed E-state index contributed by atoms with van der Waals surface area (Å²) < 4.78 is 33.9. The Morgan fingerprint density at radius 2 is 2.07 bits per heavy atom. The van der Waals surface area contributed by atoms with E-state index in [-0.39, 0.29) is 11.0 Å². The van der Waals surface area contributed by atoms with Gasteiger partial charge in [-0.2, -0.15) is 8.42 Å². The number of fused-ring (bicyclic) bond motifs is 1. The third kappa shape index (κ3) is 4.60. The molecule has 1 atom stereocenters. The van der Waals surface area contributed by atoms with Crippen LogP contribution in [0.1, 0.15) is 6.42 Å². The Labute approximate surface area is 177 Å². The fourth-order valence-corrected chi connectivity index (χ4v) is 5.28. The highest BCUT2D eigenvalue weighted by Crippen LogP contribution is 2.34. The number of para-hydroxylation sites is 1. The van der Waals surface area contributed by atoms with Gasteiger partial charge >= 0.3 is 0 Å². The lowest BCUT2D eigenvalue weighted by atomic mass is 10.1. The quantitative estimate of drug-likeness (QED) is 0.525. The second kappa shape index (κ2) is 8.14. The summed E-state index contributed by atoms with van der Waals surface area (Å²) in [4.78, 5) is 4.82. The van der Waals surface area contributed by atoms with Gasteiger partial charge in [0.25, 0.3) is 10.0 Å². The van der Waals surface area contributed by atoms with Gasteiger partial charge < -0.3 is 10.2 Å². The van der Waals surface area contributed by atoms with Crippen LogP contribution in [0.2, 0.25) is 5.02 Å². The molecule has 6 nitrogen and oxygen atoms in total. The third-order valence-corrected chi connectivity index (χ3v) is 7.08. The van der Waals surface area contributed by atoms with E-state index in [9.17, 15) is 8.42 Å². The van der Waals surface area contributed by atoms with E-state index in [1.807, 2.05) is 12.1 Å². The summed E-state index contributed by atoms with van der Waals surface area (Å²) in [6.45, 7) is 0. The van der Waals surface area contributed by atoms with Crippen molar-refractivity contribution in [3.05, 3.63) is 65.5 Å². The van der Waals surface area contributed by atoms with Crippen LogP contribution in [0, 0.1) is 5.92 Å². The number of thioether (sulfide) groups is 1. The molecule has 4 rings (SSSR count). The highest BCUT2D eigenvalue weighted by molar-refractivity contribution is 7.99. The fourth-order valence-electron chi connectivity index (χ4n) is 2.95. The summed E-state index contributed by atoms with van der Waals surface area (Å²) in [5, 5.41) is 1.01. The molecule has 1 aliphatic heterocycles. The van der Waals surface area contributed by atoms with Gasteiger partial charge in [-0.3, -0.25) is 4.72 Å². The monoisotopic (exact) mass is 447 g/mol. The van der Waals surface area contributed by atoms with Crippen LogP contribution in [0.4, 0.5) is 5.69 Å². The van der Waals surface area contributed by atoms with Gasteiger partial charge in [0.2, 0.25) is 5.09 Å². The van der Waals surface area contributed by atoms with E-state index in [1.165, 1.54) is 17.8 Å². The minimum atomic E-state index is -3.91. The van der Waals surface area contributed by atoms with E-state index < -0.39 is 10.0 Å². The molecule has 0 aliphatic carbocycles. The minimum absolute atomic E-state index is 0.145. The number of aliphatic imine (C=N–C) groups is 1. The third-order valence-electron chi connectivity index (χ3n) is 4.36. The maximum Gasteiger partial charge on any atom is 0.295 e. The standard InChI is InChI=1S/C20H18ClN3O3S2/c21-15-5-6-18(28-12-13-7-8-23-19(22)9-13)16(11-15)24-29(25,26)20-10-14-3-1-2-4-17(14)27-20/h1-6,8-11,13,24H,7,12,22H2. The second-order valence-electron chi connectivity index (χ2n) is 6.56. The molecule has 0 amide bonds. The molecule has 29 heavy (non-hydrogen) atoms. The highest BCUT2D eigenvalue weighted by atomic mass is 35.5. The van der Waals surface area contributed by atoms with E-state index in [1.54, 1.807) is 42.6 Å². The number of furan rings is 1. The molecule has 150 valence electrons. The van der Waals surface area contributed by atoms with Crippen molar-refractivity contribution in [2.75, 3.05) is 10.5 Å². The Kier molecular flexibility index (Phi) is 5.58. The Morgan fingerprint density at radius 1 is 1.24 bits per heavy atom. The maximum absolute atomic E-state index is 12.9. The van der Waals surface area contributed by atoms with Gasteiger partial charge in [-0.05, 0) is 42.7 Å². The summed E-state index contributed by atoms with van der Waals surface area (Å²) in [7, 11) is -3.91. The molecular formula is C20H18ClN3O3S2. The normalized spacial score (nSPS) is 16.7. The molecular weight excluding hydrogens is 430 g/mol. The molecule has 0 saturated carbocycles. The van der Waals surface area contributed by atoms with Gasteiger partial charge in [-0.25, -0.2) is 4.99 Å². The Morgan fingerprint density at radius 3 is 2.86 bits per heavy atom. The van der Waals surface area contributed by atoms with Crippen molar-refractivity contribution in [3.8, 4) is 0 Å². The van der Waals surface area contributed by atoms with E-state index in [0.29, 0.717) is 22.1 Å². The first-order valence-corrected chi connectivity index (χ1v) is 11.7. The van der Waals surface area contributed by atoms with Crippen LogP contribution in [-0.2, 0) is 10.0 Å². The number of sulfonamides is 1. The first kappa shape index (κ1) is 19.9. The molecule has 0 spiro atoms. The number of anilines is 1.